The summed E-state index contributed by atoms with van der Waals surface area (Å²) in [5, 5.41) is 11.2. The molecule has 1 aliphatic carbocycles. The fourth-order valence-electron chi connectivity index (χ4n) is 2.31. The van der Waals surface area contributed by atoms with Gasteiger partial charge in [-0.2, -0.15) is 0 Å². The van der Waals surface area contributed by atoms with Crippen LogP contribution in [0.4, 0.5) is 0 Å². The minimum atomic E-state index is 0.0361. The molecule has 0 aliphatic heterocycles. The maximum Gasteiger partial charge on any atom is 0.220 e. The summed E-state index contributed by atoms with van der Waals surface area (Å²) in [6, 6.07) is 0. The van der Waals surface area contributed by atoms with Gasteiger partial charge in [0.25, 0.3) is 0 Å². The van der Waals surface area contributed by atoms with Crippen LogP contribution in [0.5, 0.6) is 0 Å². The van der Waals surface area contributed by atoms with E-state index >= 15 is 0 Å². The number of carbonyl (C=O) groups excluding carboxylic acids is 1. The van der Waals surface area contributed by atoms with Gasteiger partial charge in [-0.1, -0.05) is 32.1 Å². The van der Waals surface area contributed by atoms with Crippen molar-refractivity contribution in [3.63, 3.8) is 0 Å². The van der Waals surface area contributed by atoms with E-state index in [-0.39, 0.29) is 12.5 Å². The van der Waals surface area contributed by atoms with Gasteiger partial charge >= 0.3 is 0 Å². The molecule has 0 atom stereocenters. The van der Waals surface area contributed by atoms with Gasteiger partial charge in [0.2, 0.25) is 5.91 Å². The van der Waals surface area contributed by atoms with Crippen molar-refractivity contribution >= 4 is 5.91 Å². The summed E-state index contributed by atoms with van der Waals surface area (Å²) >= 11 is 0. The predicted molar refractivity (Wildman–Crippen MR) is 60.5 cm³/mol. The van der Waals surface area contributed by atoms with E-state index in [0.29, 0.717) is 13.0 Å². The first-order valence-corrected chi connectivity index (χ1v) is 6.20. The highest BCUT2D eigenvalue weighted by molar-refractivity contribution is 5.75. The third-order valence-corrected chi connectivity index (χ3v) is 3.17. The van der Waals surface area contributed by atoms with Crippen molar-refractivity contribution in [3.05, 3.63) is 0 Å². The van der Waals surface area contributed by atoms with Gasteiger partial charge in [0.1, 0.15) is 0 Å². The zero-order valence-electron chi connectivity index (χ0n) is 9.50. The fraction of sp³-hybridized carbons (Fsp3) is 0.917. The normalized spacial score (nSPS) is 17.7. The zero-order chi connectivity index (χ0) is 10.9. The van der Waals surface area contributed by atoms with Crippen LogP contribution in [0.15, 0.2) is 0 Å². The summed E-state index contributed by atoms with van der Waals surface area (Å²) < 4.78 is 0. The molecule has 1 aliphatic rings. The molecule has 3 nitrogen and oxygen atoms in total. The first-order valence-electron chi connectivity index (χ1n) is 6.20. The van der Waals surface area contributed by atoms with Crippen LogP contribution in [-0.2, 0) is 4.79 Å². The number of nitrogens with one attached hydrogen (secondary N) is 1. The molecule has 1 fully saturated rings. The summed E-state index contributed by atoms with van der Waals surface area (Å²) in [6.45, 7) is 0.427. The van der Waals surface area contributed by atoms with Gasteiger partial charge in [-0.15, -0.1) is 0 Å². The topological polar surface area (TPSA) is 49.3 Å². The highest BCUT2D eigenvalue weighted by Gasteiger charge is 2.13. The van der Waals surface area contributed by atoms with E-state index in [1.54, 1.807) is 0 Å². The molecule has 0 aromatic carbocycles. The van der Waals surface area contributed by atoms with Crippen molar-refractivity contribution in [3.8, 4) is 0 Å². The van der Waals surface area contributed by atoms with Crippen LogP contribution < -0.4 is 5.32 Å². The Morgan fingerprint density at radius 3 is 2.67 bits per heavy atom. The summed E-state index contributed by atoms with van der Waals surface area (Å²) in [7, 11) is 0. The van der Waals surface area contributed by atoms with Crippen molar-refractivity contribution in [2.45, 2.75) is 51.4 Å². The molecule has 2 N–H and O–H groups in total. The molecule has 0 heterocycles. The Hall–Kier alpha value is -0.570. The Kier molecular flexibility index (Phi) is 6.41. The van der Waals surface area contributed by atoms with Crippen LogP contribution >= 0.6 is 0 Å². The molecule has 1 saturated carbocycles. The maximum atomic E-state index is 11.2. The number of aliphatic hydroxyl groups excluding tert-OH is 1. The second-order valence-corrected chi connectivity index (χ2v) is 4.47. The number of carbonyl (C=O) groups is 1. The summed E-state index contributed by atoms with van der Waals surface area (Å²) in [6.07, 6.45) is 9.69. The van der Waals surface area contributed by atoms with Gasteiger partial charge in [-0.05, 0) is 18.8 Å². The largest absolute Gasteiger partial charge is 0.395 e. The van der Waals surface area contributed by atoms with Crippen LogP contribution in [-0.4, -0.2) is 24.2 Å². The van der Waals surface area contributed by atoms with Gasteiger partial charge in [-0.3, -0.25) is 4.79 Å². The van der Waals surface area contributed by atoms with Crippen molar-refractivity contribution in [2.24, 2.45) is 5.92 Å². The molecule has 15 heavy (non-hydrogen) atoms. The summed E-state index contributed by atoms with van der Waals surface area (Å²) in [5.74, 6) is 0.948. The van der Waals surface area contributed by atoms with Crippen molar-refractivity contribution in [2.75, 3.05) is 13.2 Å². The average molecular weight is 213 g/mol. The predicted octanol–water partition coefficient (Wildman–Crippen LogP) is 1.85. The lowest BCUT2D eigenvalue weighted by Gasteiger charge is -2.21. The Balaban J connectivity index is 1.97. The van der Waals surface area contributed by atoms with E-state index in [9.17, 15) is 4.79 Å². The number of aliphatic hydroxyl groups is 1. The van der Waals surface area contributed by atoms with Gasteiger partial charge in [0, 0.05) is 13.0 Å². The number of amides is 1. The van der Waals surface area contributed by atoms with Gasteiger partial charge in [-0.25, -0.2) is 0 Å². The fourth-order valence-corrected chi connectivity index (χ4v) is 2.31. The molecule has 3 heteroatoms. The Morgan fingerprint density at radius 2 is 2.00 bits per heavy atom. The Bertz CT molecular complexity index is 176. The molecule has 1 amide bonds. The molecule has 0 bridgehead atoms. The lowest BCUT2D eigenvalue weighted by atomic mass is 9.86. The minimum absolute atomic E-state index is 0.0361. The number of hydrogen-bond acceptors (Lipinski definition) is 2. The Labute approximate surface area is 92.3 Å². The van der Waals surface area contributed by atoms with Gasteiger partial charge in [0.15, 0.2) is 0 Å². The minimum Gasteiger partial charge on any atom is -0.395 e. The smallest absolute Gasteiger partial charge is 0.220 e. The molecule has 0 saturated heterocycles. The lowest BCUT2D eigenvalue weighted by molar-refractivity contribution is -0.121. The first kappa shape index (κ1) is 12.5. The third-order valence-electron chi connectivity index (χ3n) is 3.17. The molecule has 0 aromatic rings. The second kappa shape index (κ2) is 7.69. The summed E-state index contributed by atoms with van der Waals surface area (Å²) in [4.78, 5) is 11.2. The van der Waals surface area contributed by atoms with E-state index in [1.165, 1.54) is 38.5 Å². The molecule has 0 unspecified atom stereocenters. The highest BCUT2D eigenvalue weighted by atomic mass is 16.3. The van der Waals surface area contributed by atoms with E-state index < -0.39 is 0 Å². The van der Waals surface area contributed by atoms with Crippen LogP contribution in [0.2, 0.25) is 0 Å². The summed E-state index contributed by atoms with van der Waals surface area (Å²) in [5.41, 5.74) is 0. The SMILES string of the molecule is O=C(CCCC1CCCCC1)NCCO. The molecule has 0 spiro atoms. The molecule has 88 valence electrons. The molecule has 0 aromatic heterocycles. The van der Waals surface area contributed by atoms with Gasteiger partial charge in [0.05, 0.1) is 6.61 Å². The standard InChI is InChI=1S/C12H23NO2/c14-10-9-13-12(15)8-4-7-11-5-2-1-3-6-11/h11,14H,1-10H2,(H,13,15). The lowest BCUT2D eigenvalue weighted by Crippen LogP contribution is -2.26. The maximum absolute atomic E-state index is 11.2. The Morgan fingerprint density at radius 1 is 1.27 bits per heavy atom. The molecule has 1 rings (SSSR count). The van der Waals surface area contributed by atoms with Crippen molar-refractivity contribution in [1.29, 1.82) is 0 Å². The first-order chi connectivity index (χ1) is 7.33. The van der Waals surface area contributed by atoms with Crippen LogP contribution in [0, 0.1) is 5.92 Å². The van der Waals surface area contributed by atoms with Crippen LogP contribution in [0.1, 0.15) is 51.4 Å². The molecule has 0 radical (unpaired) electrons. The van der Waals surface area contributed by atoms with E-state index in [1.807, 2.05) is 0 Å². The van der Waals surface area contributed by atoms with Gasteiger partial charge < -0.3 is 10.4 Å². The average Bonchev–Trinajstić information content (AvgIpc) is 2.28. The number of hydrogen-bond donors (Lipinski definition) is 2. The quantitative estimate of drug-likeness (QED) is 0.707. The van der Waals surface area contributed by atoms with Crippen LogP contribution in [0.3, 0.4) is 0 Å². The third kappa shape index (κ3) is 5.78. The molecular weight excluding hydrogens is 190 g/mol. The van der Waals surface area contributed by atoms with Crippen LogP contribution in [0.25, 0.3) is 0 Å². The number of rotatable bonds is 6. The highest BCUT2D eigenvalue weighted by Crippen LogP contribution is 2.27. The zero-order valence-corrected chi connectivity index (χ0v) is 9.50. The van der Waals surface area contributed by atoms with E-state index in [0.717, 1.165) is 12.3 Å². The van der Waals surface area contributed by atoms with E-state index in [4.69, 9.17) is 5.11 Å². The monoisotopic (exact) mass is 213 g/mol. The molecular formula is C12H23NO2. The van der Waals surface area contributed by atoms with Crippen molar-refractivity contribution < 1.29 is 9.90 Å². The second-order valence-electron chi connectivity index (χ2n) is 4.47. The van der Waals surface area contributed by atoms with Crippen molar-refractivity contribution in [1.82, 2.24) is 5.32 Å². The van der Waals surface area contributed by atoms with E-state index in [2.05, 4.69) is 5.32 Å².